The number of aromatic nitrogens is 2. The van der Waals surface area contributed by atoms with Gasteiger partial charge in [0.2, 0.25) is 0 Å². The van der Waals surface area contributed by atoms with Gasteiger partial charge in [-0.25, -0.2) is 0 Å². The number of hydrogen-bond donors (Lipinski definition) is 1. The van der Waals surface area contributed by atoms with Crippen LogP contribution < -0.4 is 5.32 Å². The molecule has 6 heteroatoms. The molecule has 3 rings (SSSR count). The minimum absolute atomic E-state index is 0.0910. The molecule has 1 unspecified atom stereocenters. The van der Waals surface area contributed by atoms with E-state index in [1.165, 1.54) is 11.3 Å². The zero-order chi connectivity index (χ0) is 13.1. The molecule has 1 saturated heterocycles. The monoisotopic (exact) mass is 277 g/mol. The van der Waals surface area contributed by atoms with Crippen molar-refractivity contribution in [3.63, 3.8) is 0 Å². The molecule has 2 aromatic rings. The number of amides is 1. The second kappa shape index (κ2) is 5.54. The predicted molar refractivity (Wildman–Crippen MR) is 73.5 cm³/mol. The second-order valence-corrected chi connectivity index (χ2v) is 5.47. The van der Waals surface area contributed by atoms with Gasteiger partial charge in [-0.1, -0.05) is 6.07 Å². The van der Waals surface area contributed by atoms with Gasteiger partial charge >= 0.3 is 0 Å². The number of hydrogen-bond acceptors (Lipinski definition) is 4. The number of carbonyl (C=O) groups excluding carboxylic acids is 1. The van der Waals surface area contributed by atoms with Crippen molar-refractivity contribution < 1.29 is 9.53 Å². The van der Waals surface area contributed by atoms with Crippen LogP contribution in [-0.4, -0.2) is 28.4 Å². The molecule has 19 heavy (non-hydrogen) atoms. The van der Waals surface area contributed by atoms with Crippen LogP contribution in [0.25, 0.3) is 0 Å². The first kappa shape index (κ1) is 12.4. The van der Waals surface area contributed by atoms with Gasteiger partial charge in [0.1, 0.15) is 0 Å². The molecular formula is C13H15N3O2S. The lowest BCUT2D eigenvalue weighted by atomic mass is 10.2. The SMILES string of the molecule is O=C(Nc1cnn(CC2CCCO2)c1)c1cccs1. The number of carbonyl (C=O) groups is 1. The van der Waals surface area contributed by atoms with E-state index < -0.39 is 0 Å². The van der Waals surface area contributed by atoms with Gasteiger partial charge in [0.25, 0.3) is 5.91 Å². The summed E-state index contributed by atoms with van der Waals surface area (Å²) >= 11 is 1.42. The molecule has 0 bridgehead atoms. The summed E-state index contributed by atoms with van der Waals surface area (Å²) in [6.07, 6.45) is 5.96. The minimum Gasteiger partial charge on any atom is -0.376 e. The standard InChI is InChI=1S/C13H15N3O2S/c17-13(12-4-2-6-19-12)15-10-7-14-16(8-10)9-11-3-1-5-18-11/h2,4,6-8,11H,1,3,5,9H2,(H,15,17). The maximum Gasteiger partial charge on any atom is 0.265 e. The van der Waals surface area contributed by atoms with E-state index in [4.69, 9.17) is 4.74 Å². The van der Waals surface area contributed by atoms with E-state index in [2.05, 4.69) is 10.4 Å². The highest BCUT2D eigenvalue weighted by atomic mass is 32.1. The van der Waals surface area contributed by atoms with Crippen molar-refractivity contribution in [1.82, 2.24) is 9.78 Å². The van der Waals surface area contributed by atoms with E-state index in [0.717, 1.165) is 31.7 Å². The third kappa shape index (κ3) is 3.02. The number of anilines is 1. The normalized spacial score (nSPS) is 18.6. The number of nitrogens with one attached hydrogen (secondary N) is 1. The van der Waals surface area contributed by atoms with Crippen LogP contribution in [0.5, 0.6) is 0 Å². The molecule has 1 amide bonds. The van der Waals surface area contributed by atoms with E-state index in [-0.39, 0.29) is 12.0 Å². The fourth-order valence-electron chi connectivity index (χ4n) is 2.13. The Bertz CT molecular complexity index is 544. The van der Waals surface area contributed by atoms with Crippen molar-refractivity contribution in [2.24, 2.45) is 0 Å². The average Bonchev–Trinajstić information content (AvgIpc) is 3.10. The lowest BCUT2D eigenvalue weighted by Crippen LogP contribution is -2.15. The van der Waals surface area contributed by atoms with Gasteiger partial charge in [0.05, 0.1) is 29.4 Å². The molecule has 0 spiro atoms. The Balaban J connectivity index is 1.60. The first-order valence-corrected chi connectivity index (χ1v) is 7.18. The summed E-state index contributed by atoms with van der Waals surface area (Å²) in [5.74, 6) is -0.0910. The highest BCUT2D eigenvalue weighted by molar-refractivity contribution is 7.12. The summed E-state index contributed by atoms with van der Waals surface area (Å²) in [5.41, 5.74) is 0.719. The zero-order valence-corrected chi connectivity index (χ0v) is 11.2. The smallest absolute Gasteiger partial charge is 0.265 e. The third-order valence-corrected chi connectivity index (χ3v) is 3.92. The lowest BCUT2D eigenvalue weighted by molar-refractivity contribution is 0.0940. The largest absolute Gasteiger partial charge is 0.376 e. The predicted octanol–water partition coefficient (Wildman–Crippen LogP) is 2.38. The molecule has 100 valence electrons. The summed E-state index contributed by atoms with van der Waals surface area (Å²) in [6, 6.07) is 3.66. The zero-order valence-electron chi connectivity index (χ0n) is 10.4. The Kier molecular flexibility index (Phi) is 3.61. The molecule has 1 N–H and O–H groups in total. The van der Waals surface area contributed by atoms with Crippen molar-refractivity contribution in [3.05, 3.63) is 34.8 Å². The fraction of sp³-hybridized carbons (Fsp3) is 0.385. The first-order valence-electron chi connectivity index (χ1n) is 6.30. The van der Waals surface area contributed by atoms with Crippen LogP contribution in [0, 0.1) is 0 Å². The van der Waals surface area contributed by atoms with Crippen LogP contribution in [0.1, 0.15) is 22.5 Å². The number of rotatable bonds is 4. The van der Waals surface area contributed by atoms with Crippen molar-refractivity contribution in [1.29, 1.82) is 0 Å². The summed E-state index contributed by atoms with van der Waals surface area (Å²) in [7, 11) is 0. The number of ether oxygens (including phenoxy) is 1. The number of nitrogens with zero attached hydrogens (tertiary/aromatic N) is 2. The lowest BCUT2D eigenvalue weighted by Gasteiger charge is -2.08. The molecule has 1 aliphatic heterocycles. The van der Waals surface area contributed by atoms with Gasteiger partial charge in [0.15, 0.2) is 0 Å². The van der Waals surface area contributed by atoms with Gasteiger partial charge in [0, 0.05) is 12.8 Å². The Morgan fingerprint density at radius 1 is 1.63 bits per heavy atom. The topological polar surface area (TPSA) is 56.2 Å². The molecule has 0 radical (unpaired) electrons. The van der Waals surface area contributed by atoms with Gasteiger partial charge in [-0.2, -0.15) is 5.10 Å². The van der Waals surface area contributed by atoms with Crippen LogP contribution in [-0.2, 0) is 11.3 Å². The van der Waals surface area contributed by atoms with Crippen LogP contribution in [0.2, 0.25) is 0 Å². The van der Waals surface area contributed by atoms with Gasteiger partial charge in [-0.05, 0) is 24.3 Å². The highest BCUT2D eigenvalue weighted by Crippen LogP contribution is 2.16. The molecule has 0 aliphatic carbocycles. The molecule has 2 aromatic heterocycles. The Morgan fingerprint density at radius 3 is 3.32 bits per heavy atom. The van der Waals surface area contributed by atoms with Crippen LogP contribution in [0.4, 0.5) is 5.69 Å². The fourth-order valence-corrected chi connectivity index (χ4v) is 2.74. The first-order chi connectivity index (χ1) is 9.31. The van der Waals surface area contributed by atoms with E-state index in [1.54, 1.807) is 12.3 Å². The van der Waals surface area contributed by atoms with Crippen LogP contribution >= 0.6 is 11.3 Å². The summed E-state index contributed by atoms with van der Waals surface area (Å²) in [6.45, 7) is 1.59. The molecule has 3 heterocycles. The quantitative estimate of drug-likeness (QED) is 0.933. The maximum absolute atomic E-state index is 11.9. The summed E-state index contributed by atoms with van der Waals surface area (Å²) < 4.78 is 7.38. The maximum atomic E-state index is 11.9. The molecular weight excluding hydrogens is 262 g/mol. The minimum atomic E-state index is -0.0910. The van der Waals surface area contributed by atoms with Crippen LogP contribution in [0.3, 0.4) is 0 Å². The Morgan fingerprint density at radius 2 is 2.58 bits per heavy atom. The summed E-state index contributed by atoms with van der Waals surface area (Å²) in [5, 5.41) is 8.96. The Labute approximate surface area is 115 Å². The molecule has 1 aliphatic rings. The third-order valence-electron chi connectivity index (χ3n) is 3.05. The van der Waals surface area contributed by atoms with E-state index in [1.807, 2.05) is 22.3 Å². The number of thiophene rings is 1. The second-order valence-electron chi connectivity index (χ2n) is 4.52. The van der Waals surface area contributed by atoms with Crippen molar-refractivity contribution in [2.75, 3.05) is 11.9 Å². The molecule has 0 aromatic carbocycles. The van der Waals surface area contributed by atoms with Crippen molar-refractivity contribution in [2.45, 2.75) is 25.5 Å². The Hall–Kier alpha value is -1.66. The molecule has 5 nitrogen and oxygen atoms in total. The van der Waals surface area contributed by atoms with Gasteiger partial charge < -0.3 is 10.1 Å². The van der Waals surface area contributed by atoms with Crippen molar-refractivity contribution in [3.8, 4) is 0 Å². The summed E-state index contributed by atoms with van der Waals surface area (Å²) in [4.78, 5) is 12.6. The molecule has 0 saturated carbocycles. The van der Waals surface area contributed by atoms with Crippen LogP contribution in [0.15, 0.2) is 29.9 Å². The van der Waals surface area contributed by atoms with E-state index >= 15 is 0 Å². The molecule has 1 atom stereocenters. The van der Waals surface area contributed by atoms with Crippen molar-refractivity contribution >= 4 is 22.9 Å². The van der Waals surface area contributed by atoms with E-state index in [0.29, 0.717) is 4.88 Å². The highest BCUT2D eigenvalue weighted by Gasteiger charge is 2.16. The van der Waals surface area contributed by atoms with E-state index in [9.17, 15) is 4.79 Å². The van der Waals surface area contributed by atoms with Gasteiger partial charge in [-0.15, -0.1) is 11.3 Å². The average molecular weight is 277 g/mol. The van der Waals surface area contributed by atoms with Gasteiger partial charge in [-0.3, -0.25) is 9.48 Å². The molecule has 1 fully saturated rings.